The molecule has 0 bridgehead atoms. The fourth-order valence-corrected chi connectivity index (χ4v) is 1.37. The maximum absolute atomic E-state index is 9.23. The molecule has 0 atom stereocenters. The van der Waals surface area contributed by atoms with Gasteiger partial charge in [0.1, 0.15) is 11.5 Å². The lowest BCUT2D eigenvalue weighted by atomic mass is 10.2. The number of ether oxygens (including phenoxy) is 2. The van der Waals surface area contributed by atoms with Crippen LogP contribution in [0.25, 0.3) is 0 Å². The summed E-state index contributed by atoms with van der Waals surface area (Å²) in [5, 5.41) is 9.23. The third-order valence-corrected chi connectivity index (χ3v) is 2.25. The van der Waals surface area contributed by atoms with Gasteiger partial charge in [0.2, 0.25) is 0 Å². The topological polar surface area (TPSA) is 38.7 Å². The summed E-state index contributed by atoms with van der Waals surface area (Å²) in [6.07, 6.45) is 0.976. The smallest absolute Gasteiger partial charge is 0.128 e. The van der Waals surface area contributed by atoms with Crippen LogP contribution in [0, 0.1) is 5.92 Å². The van der Waals surface area contributed by atoms with E-state index in [1.165, 1.54) is 0 Å². The summed E-state index contributed by atoms with van der Waals surface area (Å²) in [5.41, 5.74) is 0.800. The third kappa shape index (κ3) is 4.65. The molecule has 0 aliphatic heterocycles. The molecule has 0 aromatic heterocycles. The summed E-state index contributed by atoms with van der Waals surface area (Å²) in [4.78, 5) is 0. The molecule has 1 rings (SSSR count). The maximum atomic E-state index is 9.23. The molecule has 3 nitrogen and oxygen atoms in total. The molecule has 1 aromatic carbocycles. The van der Waals surface area contributed by atoms with E-state index >= 15 is 0 Å². The Labute approximate surface area is 103 Å². The third-order valence-electron chi connectivity index (χ3n) is 2.25. The van der Waals surface area contributed by atoms with Gasteiger partial charge in [-0.1, -0.05) is 20.8 Å². The van der Waals surface area contributed by atoms with Gasteiger partial charge in [0.05, 0.1) is 19.8 Å². The van der Waals surface area contributed by atoms with Gasteiger partial charge in [-0.05, 0) is 24.5 Å². The van der Waals surface area contributed by atoms with Crippen molar-refractivity contribution in [2.24, 2.45) is 5.92 Å². The predicted octanol–water partition coefficient (Wildman–Crippen LogP) is 3.00. The Morgan fingerprint density at radius 2 is 2.00 bits per heavy atom. The summed E-state index contributed by atoms with van der Waals surface area (Å²) in [7, 11) is 0. The molecule has 0 aliphatic carbocycles. The minimum atomic E-state index is -0.0124. The van der Waals surface area contributed by atoms with Crippen LogP contribution in [-0.4, -0.2) is 18.3 Å². The Kier molecular flexibility index (Phi) is 5.84. The molecule has 0 fully saturated rings. The predicted molar refractivity (Wildman–Crippen MR) is 68.5 cm³/mol. The van der Waals surface area contributed by atoms with Crippen molar-refractivity contribution >= 4 is 0 Å². The molecule has 17 heavy (non-hydrogen) atoms. The van der Waals surface area contributed by atoms with E-state index in [0.29, 0.717) is 19.1 Å². The first-order chi connectivity index (χ1) is 8.17. The zero-order valence-electron chi connectivity index (χ0n) is 10.9. The molecule has 0 saturated heterocycles. The zero-order chi connectivity index (χ0) is 12.7. The van der Waals surface area contributed by atoms with E-state index in [-0.39, 0.29) is 6.61 Å². The highest BCUT2D eigenvalue weighted by atomic mass is 16.5. The van der Waals surface area contributed by atoms with Crippen LogP contribution in [-0.2, 0) is 6.61 Å². The fourth-order valence-electron chi connectivity index (χ4n) is 1.37. The monoisotopic (exact) mass is 238 g/mol. The largest absolute Gasteiger partial charge is 0.493 e. The average Bonchev–Trinajstić information content (AvgIpc) is 2.33. The molecule has 0 spiro atoms. The van der Waals surface area contributed by atoms with Gasteiger partial charge in [0.25, 0.3) is 0 Å². The van der Waals surface area contributed by atoms with Gasteiger partial charge in [-0.25, -0.2) is 0 Å². The Bertz CT molecular complexity index is 334. The van der Waals surface area contributed by atoms with Crippen LogP contribution in [0.5, 0.6) is 11.5 Å². The van der Waals surface area contributed by atoms with Crippen molar-refractivity contribution in [3.63, 3.8) is 0 Å². The number of aliphatic hydroxyl groups excluding tert-OH is 1. The van der Waals surface area contributed by atoms with Gasteiger partial charge in [0.15, 0.2) is 0 Å². The number of benzene rings is 1. The van der Waals surface area contributed by atoms with Gasteiger partial charge in [-0.3, -0.25) is 0 Å². The molecule has 0 radical (unpaired) electrons. The van der Waals surface area contributed by atoms with Crippen LogP contribution in [0.1, 0.15) is 32.8 Å². The van der Waals surface area contributed by atoms with Gasteiger partial charge in [-0.2, -0.15) is 0 Å². The number of hydrogen-bond acceptors (Lipinski definition) is 3. The van der Waals surface area contributed by atoms with Crippen LogP contribution in [0.2, 0.25) is 0 Å². The highest BCUT2D eigenvalue weighted by Crippen LogP contribution is 2.25. The van der Waals surface area contributed by atoms with Gasteiger partial charge < -0.3 is 14.6 Å². The van der Waals surface area contributed by atoms with Crippen molar-refractivity contribution < 1.29 is 14.6 Å². The maximum Gasteiger partial charge on any atom is 0.128 e. The van der Waals surface area contributed by atoms with Crippen LogP contribution in [0.4, 0.5) is 0 Å². The lowest BCUT2D eigenvalue weighted by Gasteiger charge is -2.14. The van der Waals surface area contributed by atoms with Crippen molar-refractivity contribution in [2.75, 3.05) is 13.2 Å². The van der Waals surface area contributed by atoms with Crippen molar-refractivity contribution in [3.8, 4) is 11.5 Å². The molecule has 0 heterocycles. The van der Waals surface area contributed by atoms with Crippen molar-refractivity contribution in [1.82, 2.24) is 0 Å². The molecule has 0 saturated carbocycles. The van der Waals surface area contributed by atoms with Crippen molar-refractivity contribution in [2.45, 2.75) is 33.8 Å². The Hall–Kier alpha value is -1.22. The van der Waals surface area contributed by atoms with Crippen molar-refractivity contribution in [1.29, 1.82) is 0 Å². The lowest BCUT2D eigenvalue weighted by molar-refractivity contribution is 0.243. The van der Waals surface area contributed by atoms with Crippen molar-refractivity contribution in [3.05, 3.63) is 23.8 Å². The van der Waals surface area contributed by atoms with E-state index in [9.17, 15) is 5.11 Å². The average molecular weight is 238 g/mol. The van der Waals surface area contributed by atoms with Crippen LogP contribution in [0.15, 0.2) is 18.2 Å². The van der Waals surface area contributed by atoms with E-state index in [4.69, 9.17) is 9.47 Å². The van der Waals surface area contributed by atoms with Gasteiger partial charge >= 0.3 is 0 Å². The summed E-state index contributed by atoms with van der Waals surface area (Å²) in [6.45, 7) is 7.58. The van der Waals surface area contributed by atoms with Crippen LogP contribution < -0.4 is 9.47 Å². The first-order valence-electron chi connectivity index (χ1n) is 6.16. The second-order valence-corrected chi connectivity index (χ2v) is 4.48. The van der Waals surface area contributed by atoms with Gasteiger partial charge in [-0.15, -0.1) is 0 Å². The summed E-state index contributed by atoms with van der Waals surface area (Å²) < 4.78 is 11.2. The molecule has 0 unspecified atom stereocenters. The highest BCUT2D eigenvalue weighted by Gasteiger charge is 2.06. The zero-order valence-corrected chi connectivity index (χ0v) is 10.9. The number of aliphatic hydroxyl groups is 1. The summed E-state index contributed by atoms with van der Waals surface area (Å²) in [6, 6.07) is 5.56. The molecular weight excluding hydrogens is 216 g/mol. The molecule has 1 aromatic rings. The lowest BCUT2D eigenvalue weighted by Crippen LogP contribution is -2.06. The minimum absolute atomic E-state index is 0.0124. The number of hydrogen-bond donors (Lipinski definition) is 1. The first kappa shape index (κ1) is 13.8. The Morgan fingerprint density at radius 3 is 2.59 bits per heavy atom. The van der Waals surface area contributed by atoms with E-state index in [1.54, 1.807) is 0 Å². The molecule has 96 valence electrons. The second-order valence-electron chi connectivity index (χ2n) is 4.48. The second kappa shape index (κ2) is 7.17. The van der Waals surface area contributed by atoms with E-state index in [2.05, 4.69) is 20.8 Å². The SMILES string of the molecule is CCCOc1ccc(CO)c(OCC(C)C)c1. The first-order valence-corrected chi connectivity index (χ1v) is 6.16. The Balaban J connectivity index is 2.75. The van der Waals surface area contributed by atoms with E-state index in [1.807, 2.05) is 18.2 Å². The minimum Gasteiger partial charge on any atom is -0.493 e. The standard InChI is InChI=1S/C14H22O3/c1-4-7-16-13-6-5-12(9-15)14(8-13)17-10-11(2)3/h5-6,8,11,15H,4,7,9-10H2,1-3H3. The molecular formula is C14H22O3. The molecule has 1 N–H and O–H groups in total. The van der Waals surface area contributed by atoms with Crippen LogP contribution >= 0.6 is 0 Å². The van der Waals surface area contributed by atoms with E-state index in [0.717, 1.165) is 23.5 Å². The molecule has 3 heteroatoms. The van der Waals surface area contributed by atoms with E-state index < -0.39 is 0 Å². The van der Waals surface area contributed by atoms with Crippen LogP contribution in [0.3, 0.4) is 0 Å². The fraction of sp³-hybridized carbons (Fsp3) is 0.571. The Morgan fingerprint density at radius 1 is 1.24 bits per heavy atom. The highest BCUT2D eigenvalue weighted by molar-refractivity contribution is 5.40. The van der Waals surface area contributed by atoms with Gasteiger partial charge in [0, 0.05) is 11.6 Å². The molecule has 0 amide bonds. The number of rotatable bonds is 7. The quantitative estimate of drug-likeness (QED) is 0.793. The normalized spacial score (nSPS) is 10.6. The summed E-state index contributed by atoms with van der Waals surface area (Å²) in [5.74, 6) is 1.97. The molecule has 0 aliphatic rings. The summed E-state index contributed by atoms with van der Waals surface area (Å²) >= 11 is 0.